The van der Waals surface area contributed by atoms with Gasteiger partial charge in [-0.15, -0.1) is 0 Å². The molecule has 0 aliphatic rings. The molecule has 0 aliphatic heterocycles. The second kappa shape index (κ2) is 17.7. The Hall–Kier alpha value is -4.07. The lowest BCUT2D eigenvalue weighted by molar-refractivity contribution is -0.384. The minimum atomic E-state index is -1.19. The van der Waals surface area contributed by atoms with Gasteiger partial charge in [0.1, 0.15) is 18.7 Å². The highest BCUT2D eigenvalue weighted by atomic mass is 16.7. The fourth-order valence-electron chi connectivity index (χ4n) is 4.04. The number of carbonyl (C=O) groups is 3. The normalized spacial score (nSPS) is 12.5. The lowest BCUT2D eigenvalue weighted by Crippen LogP contribution is -2.58. The number of nitro groups is 1. The van der Waals surface area contributed by atoms with Gasteiger partial charge in [0, 0.05) is 44.4 Å². The third-order valence-corrected chi connectivity index (χ3v) is 6.22. The second-order valence-corrected chi connectivity index (χ2v) is 9.61. The fraction of sp³-hybridized carbons (Fsp3) is 0.483. The van der Waals surface area contributed by atoms with Crippen molar-refractivity contribution in [1.29, 1.82) is 0 Å². The van der Waals surface area contributed by atoms with E-state index < -0.39 is 41.2 Å². The van der Waals surface area contributed by atoms with Crippen LogP contribution in [-0.4, -0.2) is 78.4 Å². The predicted molar refractivity (Wildman–Crippen MR) is 155 cm³/mol. The number of nitrogens with one attached hydrogen (secondary N) is 2. The van der Waals surface area contributed by atoms with E-state index in [1.807, 2.05) is 33.8 Å². The van der Waals surface area contributed by atoms with Crippen LogP contribution in [0.2, 0.25) is 0 Å². The number of hydrogen-bond acceptors (Lipinski definition) is 9. The van der Waals surface area contributed by atoms with E-state index in [0.29, 0.717) is 18.8 Å². The summed E-state index contributed by atoms with van der Waals surface area (Å²) >= 11 is 0. The molecule has 2 aromatic carbocycles. The van der Waals surface area contributed by atoms with Crippen molar-refractivity contribution in [3.8, 4) is 0 Å². The van der Waals surface area contributed by atoms with Crippen molar-refractivity contribution in [2.45, 2.75) is 65.1 Å². The van der Waals surface area contributed by atoms with Crippen molar-refractivity contribution in [3.63, 3.8) is 0 Å². The van der Waals surface area contributed by atoms with E-state index in [4.69, 9.17) is 19.9 Å². The second-order valence-electron chi connectivity index (χ2n) is 9.61. The van der Waals surface area contributed by atoms with Crippen LogP contribution >= 0.6 is 0 Å². The van der Waals surface area contributed by atoms with Crippen molar-refractivity contribution in [2.24, 2.45) is 5.73 Å². The summed E-state index contributed by atoms with van der Waals surface area (Å²) in [4.78, 5) is 51.7. The Balaban J connectivity index is 2.24. The standard InChI is InChI=1S/C29H41N5O8/c1-5-40-26(41-6-2)18-33(20(3)4)28(36)24(16-21-12-14-23(15-13-21)34(38)39)31-27(35)25(17-30)32-29(37)42-19-22-10-8-7-9-11-22/h7-15,20,24-26H,5-6,16-19,30H2,1-4H3,(H,31,35)(H,32,37). The van der Waals surface area contributed by atoms with Crippen LogP contribution in [0.25, 0.3) is 0 Å². The molecule has 0 heterocycles. The zero-order valence-electron chi connectivity index (χ0n) is 24.5. The maximum absolute atomic E-state index is 13.9. The Morgan fingerprint density at radius 3 is 2.07 bits per heavy atom. The number of rotatable bonds is 17. The molecule has 13 nitrogen and oxygen atoms in total. The van der Waals surface area contributed by atoms with Crippen molar-refractivity contribution in [1.82, 2.24) is 15.5 Å². The molecule has 2 atom stereocenters. The number of nitrogens with two attached hydrogens (primary N) is 1. The van der Waals surface area contributed by atoms with Crippen LogP contribution in [0.5, 0.6) is 0 Å². The molecule has 230 valence electrons. The van der Waals surface area contributed by atoms with Gasteiger partial charge in [-0.1, -0.05) is 42.5 Å². The third kappa shape index (κ3) is 11.1. The summed E-state index contributed by atoms with van der Waals surface area (Å²) in [5, 5.41) is 16.2. The average molecular weight is 588 g/mol. The van der Waals surface area contributed by atoms with Crippen molar-refractivity contribution < 1.29 is 33.5 Å². The molecule has 0 saturated heterocycles. The number of benzene rings is 2. The predicted octanol–water partition coefficient (Wildman–Crippen LogP) is 2.51. The lowest BCUT2D eigenvalue weighted by Gasteiger charge is -2.34. The molecule has 0 radical (unpaired) electrons. The van der Waals surface area contributed by atoms with E-state index in [2.05, 4.69) is 10.6 Å². The maximum atomic E-state index is 13.9. The number of amides is 3. The number of alkyl carbamates (subject to hydrolysis) is 1. The van der Waals surface area contributed by atoms with E-state index in [1.54, 1.807) is 24.3 Å². The molecule has 2 aromatic rings. The van der Waals surface area contributed by atoms with Crippen LogP contribution in [0.3, 0.4) is 0 Å². The highest BCUT2D eigenvalue weighted by Gasteiger charge is 2.32. The van der Waals surface area contributed by atoms with E-state index in [-0.39, 0.29) is 37.8 Å². The summed E-state index contributed by atoms with van der Waals surface area (Å²) in [5.74, 6) is -1.12. The van der Waals surface area contributed by atoms with E-state index in [1.165, 1.54) is 29.2 Å². The number of carbonyl (C=O) groups excluding carboxylic acids is 3. The molecule has 0 aromatic heterocycles. The number of nitrogens with zero attached hydrogens (tertiary/aromatic N) is 2. The van der Waals surface area contributed by atoms with E-state index >= 15 is 0 Å². The molecular weight excluding hydrogens is 546 g/mol. The monoisotopic (exact) mass is 587 g/mol. The van der Waals surface area contributed by atoms with Crippen LogP contribution < -0.4 is 16.4 Å². The first-order valence-corrected chi connectivity index (χ1v) is 13.8. The number of non-ortho nitro benzene ring substituents is 1. The summed E-state index contributed by atoms with van der Waals surface area (Å²) in [6, 6.07) is 12.1. The van der Waals surface area contributed by atoms with Crippen molar-refractivity contribution in [2.75, 3.05) is 26.3 Å². The zero-order chi connectivity index (χ0) is 31.1. The topological polar surface area (TPSA) is 175 Å². The maximum Gasteiger partial charge on any atom is 0.408 e. The van der Waals surface area contributed by atoms with Gasteiger partial charge in [0.25, 0.3) is 5.69 Å². The zero-order valence-corrected chi connectivity index (χ0v) is 24.5. The number of nitro benzene ring substituents is 1. The Labute approximate surface area is 245 Å². The highest BCUT2D eigenvalue weighted by molar-refractivity contribution is 5.91. The Morgan fingerprint density at radius 2 is 1.55 bits per heavy atom. The fourth-order valence-corrected chi connectivity index (χ4v) is 4.04. The first kappa shape index (κ1) is 34.1. The molecule has 0 aliphatic carbocycles. The molecule has 0 bridgehead atoms. The number of hydrogen-bond donors (Lipinski definition) is 3. The summed E-state index contributed by atoms with van der Waals surface area (Å²) in [6.45, 7) is 7.87. The molecule has 2 rings (SSSR count). The molecule has 0 fully saturated rings. The molecule has 3 amide bonds. The Kier molecular flexibility index (Phi) is 14.4. The van der Waals surface area contributed by atoms with Gasteiger partial charge in [0.05, 0.1) is 11.5 Å². The summed E-state index contributed by atoms with van der Waals surface area (Å²) < 4.78 is 16.5. The molecule has 42 heavy (non-hydrogen) atoms. The quantitative estimate of drug-likeness (QED) is 0.143. The van der Waals surface area contributed by atoms with Gasteiger partial charge in [-0.05, 0) is 38.8 Å². The van der Waals surface area contributed by atoms with E-state index in [0.717, 1.165) is 5.56 Å². The number of ether oxygens (including phenoxy) is 3. The van der Waals surface area contributed by atoms with Crippen LogP contribution in [0.15, 0.2) is 54.6 Å². The van der Waals surface area contributed by atoms with E-state index in [9.17, 15) is 24.5 Å². The SMILES string of the molecule is CCOC(CN(C(=O)C(Cc1ccc([N+](=O)[O-])cc1)NC(=O)C(CN)NC(=O)OCc1ccccc1)C(C)C)OCC. The lowest BCUT2D eigenvalue weighted by atomic mass is 10.0. The first-order valence-electron chi connectivity index (χ1n) is 13.8. The summed E-state index contributed by atoms with van der Waals surface area (Å²) in [7, 11) is 0. The molecule has 13 heteroatoms. The van der Waals surface area contributed by atoms with Gasteiger partial charge in [-0.3, -0.25) is 19.7 Å². The minimum Gasteiger partial charge on any atom is -0.445 e. The average Bonchev–Trinajstić information content (AvgIpc) is 2.97. The molecule has 4 N–H and O–H groups in total. The van der Waals surface area contributed by atoms with Gasteiger partial charge >= 0.3 is 6.09 Å². The third-order valence-electron chi connectivity index (χ3n) is 6.22. The summed E-state index contributed by atoms with van der Waals surface area (Å²) in [5.41, 5.74) is 7.03. The van der Waals surface area contributed by atoms with Gasteiger partial charge in [-0.25, -0.2) is 4.79 Å². The van der Waals surface area contributed by atoms with Crippen LogP contribution in [0.1, 0.15) is 38.8 Å². The summed E-state index contributed by atoms with van der Waals surface area (Å²) in [6.07, 6.45) is -1.50. The van der Waals surface area contributed by atoms with Gasteiger partial charge in [0.2, 0.25) is 11.8 Å². The minimum absolute atomic E-state index is 0.00296. The molecule has 2 unspecified atom stereocenters. The Morgan fingerprint density at radius 1 is 0.929 bits per heavy atom. The van der Waals surface area contributed by atoms with Crippen LogP contribution in [0, 0.1) is 10.1 Å². The molecule has 0 spiro atoms. The Bertz CT molecular complexity index is 1140. The van der Waals surface area contributed by atoms with Crippen LogP contribution in [-0.2, 0) is 36.8 Å². The van der Waals surface area contributed by atoms with Gasteiger partial charge in [0.15, 0.2) is 6.29 Å². The molecular formula is C29H41N5O8. The largest absolute Gasteiger partial charge is 0.445 e. The van der Waals surface area contributed by atoms with Crippen LogP contribution in [0.4, 0.5) is 10.5 Å². The molecule has 0 saturated carbocycles. The van der Waals surface area contributed by atoms with Crippen molar-refractivity contribution >= 4 is 23.6 Å². The van der Waals surface area contributed by atoms with Gasteiger partial charge < -0.3 is 35.5 Å². The van der Waals surface area contributed by atoms with Crippen molar-refractivity contribution in [3.05, 3.63) is 75.8 Å². The first-order chi connectivity index (χ1) is 20.1. The smallest absolute Gasteiger partial charge is 0.408 e. The highest BCUT2D eigenvalue weighted by Crippen LogP contribution is 2.16. The van der Waals surface area contributed by atoms with Gasteiger partial charge in [-0.2, -0.15) is 0 Å².